The Balaban J connectivity index is 3.29. The molecule has 0 spiro atoms. The maximum atomic E-state index is 12.1. The molecule has 0 amide bonds. The highest BCUT2D eigenvalue weighted by atomic mass is 19.4. The first-order valence-electron chi connectivity index (χ1n) is 3.50. The number of alkyl halides is 3. The minimum Gasteiger partial charge on any atom is -0.383 e. The fourth-order valence-electron chi connectivity index (χ4n) is 0.778. The van der Waals surface area contributed by atoms with Gasteiger partial charge in [-0.1, -0.05) is 0 Å². The Hall–Kier alpha value is -1.33. The molecule has 0 fully saturated rings. The number of rotatable bonds is 0. The van der Waals surface area contributed by atoms with Gasteiger partial charge in [0.25, 0.3) is 0 Å². The van der Waals surface area contributed by atoms with Crippen molar-refractivity contribution in [3.8, 4) is 0 Å². The zero-order chi connectivity index (χ0) is 10.2. The molecule has 0 saturated heterocycles. The molecule has 0 saturated carbocycles. The zero-order valence-electron chi connectivity index (χ0n) is 7.11. The normalized spacial score (nSPS) is 11.8. The van der Waals surface area contributed by atoms with Crippen LogP contribution in [0.15, 0.2) is 0 Å². The second kappa shape index (κ2) is 2.86. The Kier molecular flexibility index (Phi) is 2.15. The molecule has 1 aromatic rings. The minimum atomic E-state index is -4.54. The summed E-state index contributed by atoms with van der Waals surface area (Å²) in [5.74, 6) is -1.31. The Morgan fingerprint density at radius 3 is 2.08 bits per heavy atom. The largest absolute Gasteiger partial charge is 0.451 e. The van der Waals surface area contributed by atoms with Gasteiger partial charge in [0.1, 0.15) is 5.82 Å². The summed E-state index contributed by atoms with van der Waals surface area (Å²) in [6, 6.07) is 0. The number of nitrogens with zero attached hydrogens (tertiary/aromatic N) is 2. The lowest BCUT2D eigenvalue weighted by atomic mass is 10.2. The molecule has 0 aliphatic rings. The summed E-state index contributed by atoms with van der Waals surface area (Å²) in [5, 5.41) is 0. The maximum absolute atomic E-state index is 12.1. The third kappa shape index (κ3) is 1.88. The highest BCUT2D eigenvalue weighted by molar-refractivity contribution is 5.40. The monoisotopic (exact) mass is 191 g/mol. The number of hydrogen-bond donors (Lipinski definition) is 1. The Bertz CT molecular complexity index is 309. The average molecular weight is 191 g/mol. The molecule has 0 radical (unpaired) electrons. The summed E-state index contributed by atoms with van der Waals surface area (Å²) in [5.41, 5.74) is 6.00. The van der Waals surface area contributed by atoms with E-state index in [-0.39, 0.29) is 11.5 Å². The summed E-state index contributed by atoms with van der Waals surface area (Å²) in [6.07, 6.45) is -4.54. The van der Waals surface area contributed by atoms with Crippen molar-refractivity contribution >= 4 is 5.82 Å². The molecule has 72 valence electrons. The molecule has 0 aromatic carbocycles. The molecule has 13 heavy (non-hydrogen) atoms. The first-order valence-corrected chi connectivity index (χ1v) is 3.50. The van der Waals surface area contributed by atoms with Gasteiger partial charge in [-0.3, -0.25) is 0 Å². The van der Waals surface area contributed by atoms with Crippen molar-refractivity contribution in [1.29, 1.82) is 0 Å². The molecule has 2 N–H and O–H groups in total. The van der Waals surface area contributed by atoms with E-state index in [0.717, 1.165) is 0 Å². The van der Waals surface area contributed by atoms with Crippen LogP contribution in [-0.4, -0.2) is 9.97 Å². The lowest BCUT2D eigenvalue weighted by Gasteiger charge is -2.08. The van der Waals surface area contributed by atoms with Crippen LogP contribution in [0.25, 0.3) is 0 Å². The number of nitrogen functional groups attached to an aromatic ring is 1. The van der Waals surface area contributed by atoms with Crippen LogP contribution >= 0.6 is 0 Å². The van der Waals surface area contributed by atoms with Gasteiger partial charge in [0.15, 0.2) is 0 Å². The van der Waals surface area contributed by atoms with Crippen LogP contribution in [0.1, 0.15) is 17.1 Å². The molecule has 0 aliphatic carbocycles. The van der Waals surface area contributed by atoms with Crippen molar-refractivity contribution in [2.24, 2.45) is 0 Å². The molecule has 0 atom stereocenters. The van der Waals surface area contributed by atoms with Crippen LogP contribution in [0.4, 0.5) is 19.0 Å². The predicted molar refractivity (Wildman–Crippen MR) is 40.9 cm³/mol. The highest BCUT2D eigenvalue weighted by Crippen LogP contribution is 2.27. The van der Waals surface area contributed by atoms with Crippen LogP contribution in [-0.2, 0) is 6.18 Å². The van der Waals surface area contributed by atoms with E-state index in [2.05, 4.69) is 9.97 Å². The first-order chi connectivity index (χ1) is 5.82. The van der Waals surface area contributed by atoms with E-state index in [9.17, 15) is 13.2 Å². The van der Waals surface area contributed by atoms with E-state index in [1.807, 2.05) is 0 Å². The summed E-state index contributed by atoms with van der Waals surface area (Å²) >= 11 is 0. The van der Waals surface area contributed by atoms with Gasteiger partial charge in [-0.25, -0.2) is 9.97 Å². The third-order valence-corrected chi connectivity index (χ3v) is 1.68. The second-order valence-corrected chi connectivity index (χ2v) is 2.64. The van der Waals surface area contributed by atoms with Gasteiger partial charge >= 0.3 is 6.18 Å². The molecule has 1 heterocycles. The summed E-state index contributed by atoms with van der Waals surface area (Å²) in [6.45, 7) is 3.04. The molecular weight excluding hydrogens is 183 g/mol. The van der Waals surface area contributed by atoms with Crippen LogP contribution in [0, 0.1) is 13.8 Å². The Morgan fingerprint density at radius 2 is 1.69 bits per heavy atom. The maximum Gasteiger partial charge on any atom is 0.451 e. The molecule has 1 aromatic heterocycles. The molecule has 0 bridgehead atoms. The number of hydrogen-bond acceptors (Lipinski definition) is 3. The number of halogens is 3. The van der Waals surface area contributed by atoms with E-state index in [4.69, 9.17) is 5.73 Å². The summed E-state index contributed by atoms with van der Waals surface area (Å²) in [4.78, 5) is 6.44. The van der Waals surface area contributed by atoms with Crippen LogP contribution in [0.5, 0.6) is 0 Å². The molecular formula is C7H8F3N3. The fourth-order valence-corrected chi connectivity index (χ4v) is 0.778. The molecule has 0 aliphatic heterocycles. The van der Waals surface area contributed by atoms with Crippen molar-refractivity contribution in [2.45, 2.75) is 20.0 Å². The van der Waals surface area contributed by atoms with Gasteiger partial charge in [-0.15, -0.1) is 0 Å². The average Bonchev–Trinajstić information content (AvgIpc) is 1.97. The third-order valence-electron chi connectivity index (χ3n) is 1.68. The molecule has 6 heteroatoms. The van der Waals surface area contributed by atoms with Gasteiger partial charge in [0.05, 0.1) is 0 Å². The van der Waals surface area contributed by atoms with Gasteiger partial charge in [-0.2, -0.15) is 13.2 Å². The number of nitrogens with two attached hydrogens (primary N) is 1. The second-order valence-electron chi connectivity index (χ2n) is 2.64. The number of anilines is 1. The predicted octanol–water partition coefficient (Wildman–Crippen LogP) is 1.69. The quantitative estimate of drug-likeness (QED) is 0.678. The lowest BCUT2D eigenvalue weighted by Crippen LogP contribution is -2.14. The summed E-state index contributed by atoms with van der Waals surface area (Å²) in [7, 11) is 0. The molecule has 1 rings (SSSR count). The standard InChI is InChI=1S/C7H8F3N3/c1-3-4(2)12-6(7(8,9)10)13-5(3)11/h1-2H3,(H2,11,12,13). The minimum absolute atomic E-state index is 0.125. The van der Waals surface area contributed by atoms with Crippen molar-refractivity contribution < 1.29 is 13.2 Å². The number of aryl methyl sites for hydroxylation is 1. The fraction of sp³-hybridized carbons (Fsp3) is 0.429. The van der Waals surface area contributed by atoms with Crippen molar-refractivity contribution in [3.05, 3.63) is 17.1 Å². The van der Waals surface area contributed by atoms with Crippen molar-refractivity contribution in [2.75, 3.05) is 5.73 Å². The smallest absolute Gasteiger partial charge is 0.383 e. The highest BCUT2D eigenvalue weighted by Gasteiger charge is 2.35. The van der Waals surface area contributed by atoms with E-state index in [0.29, 0.717) is 5.56 Å². The van der Waals surface area contributed by atoms with Crippen molar-refractivity contribution in [3.63, 3.8) is 0 Å². The number of aromatic nitrogens is 2. The van der Waals surface area contributed by atoms with Crippen molar-refractivity contribution in [1.82, 2.24) is 9.97 Å². The lowest BCUT2D eigenvalue weighted by molar-refractivity contribution is -0.145. The van der Waals surface area contributed by atoms with Gasteiger partial charge in [0, 0.05) is 11.3 Å². The van der Waals surface area contributed by atoms with E-state index >= 15 is 0 Å². The van der Waals surface area contributed by atoms with Gasteiger partial charge in [0.2, 0.25) is 5.82 Å². The van der Waals surface area contributed by atoms with Crippen LogP contribution in [0.3, 0.4) is 0 Å². The first kappa shape index (κ1) is 9.76. The van der Waals surface area contributed by atoms with E-state index in [1.165, 1.54) is 6.92 Å². The molecule has 0 unspecified atom stereocenters. The Labute approximate surface area is 72.8 Å². The Morgan fingerprint density at radius 1 is 1.15 bits per heavy atom. The van der Waals surface area contributed by atoms with Gasteiger partial charge in [-0.05, 0) is 13.8 Å². The molecule has 3 nitrogen and oxygen atoms in total. The topological polar surface area (TPSA) is 51.8 Å². The summed E-state index contributed by atoms with van der Waals surface area (Å²) < 4.78 is 36.3. The SMILES string of the molecule is Cc1nc(C(F)(F)F)nc(N)c1C. The van der Waals surface area contributed by atoms with E-state index in [1.54, 1.807) is 6.92 Å². The van der Waals surface area contributed by atoms with Crippen LogP contribution in [0.2, 0.25) is 0 Å². The van der Waals surface area contributed by atoms with Crippen LogP contribution < -0.4 is 5.73 Å². The van der Waals surface area contributed by atoms with E-state index < -0.39 is 12.0 Å². The zero-order valence-corrected chi connectivity index (χ0v) is 7.11. The van der Waals surface area contributed by atoms with Gasteiger partial charge < -0.3 is 5.73 Å².